The lowest BCUT2D eigenvalue weighted by Crippen LogP contribution is -2.28. The molecule has 1 saturated carbocycles. The molecular weight excluding hydrogens is 274 g/mol. The molecule has 1 fully saturated rings. The Bertz CT molecular complexity index is 551. The molecule has 0 aliphatic heterocycles. The van der Waals surface area contributed by atoms with Crippen LogP contribution in [0.25, 0.3) is 0 Å². The molecule has 1 N–H and O–H groups in total. The van der Waals surface area contributed by atoms with Crippen molar-refractivity contribution in [1.82, 2.24) is 0 Å². The van der Waals surface area contributed by atoms with Gasteiger partial charge in [-0.1, -0.05) is 18.6 Å². The molecular formula is C15H17NO5. The molecule has 1 aromatic rings. The van der Waals surface area contributed by atoms with Crippen LogP contribution in [-0.4, -0.2) is 31.6 Å². The lowest BCUT2D eigenvalue weighted by Gasteiger charge is -2.22. The summed E-state index contributed by atoms with van der Waals surface area (Å²) in [5, 5.41) is 2.54. The second-order valence-corrected chi connectivity index (χ2v) is 4.82. The number of amides is 1. The van der Waals surface area contributed by atoms with Crippen molar-refractivity contribution in [3.05, 3.63) is 29.8 Å². The molecule has 6 nitrogen and oxygen atoms in total. The molecule has 0 unspecified atom stereocenters. The van der Waals surface area contributed by atoms with Crippen LogP contribution in [0.1, 0.15) is 29.6 Å². The average molecular weight is 291 g/mol. The van der Waals surface area contributed by atoms with E-state index in [-0.39, 0.29) is 24.1 Å². The highest BCUT2D eigenvalue weighted by Gasteiger charge is 2.27. The molecule has 112 valence electrons. The molecule has 1 aromatic carbocycles. The maximum atomic E-state index is 11.8. The van der Waals surface area contributed by atoms with Crippen molar-refractivity contribution in [3.63, 3.8) is 0 Å². The number of esters is 2. The van der Waals surface area contributed by atoms with Crippen molar-refractivity contribution >= 4 is 23.5 Å². The molecule has 0 heterocycles. The molecule has 0 radical (unpaired) electrons. The van der Waals surface area contributed by atoms with Crippen LogP contribution in [0.4, 0.5) is 5.69 Å². The van der Waals surface area contributed by atoms with Crippen molar-refractivity contribution in [3.8, 4) is 0 Å². The first-order valence-corrected chi connectivity index (χ1v) is 6.75. The summed E-state index contributed by atoms with van der Waals surface area (Å²) in [6, 6.07) is 6.47. The summed E-state index contributed by atoms with van der Waals surface area (Å²) < 4.78 is 9.57. The summed E-state index contributed by atoms with van der Waals surface area (Å²) in [5.41, 5.74) is 0.577. The second kappa shape index (κ2) is 6.88. The quantitative estimate of drug-likeness (QED) is 0.836. The standard InChI is InChI=1S/C15H17NO5/c1-20-15(19)11-7-2-3-8-12(11)16-13(17)9-21-14(18)10-5-4-6-10/h2-3,7-8,10H,4-6,9H2,1H3,(H,16,17). The lowest BCUT2D eigenvalue weighted by atomic mass is 9.86. The molecule has 1 amide bonds. The van der Waals surface area contributed by atoms with Gasteiger partial charge in [-0.05, 0) is 25.0 Å². The van der Waals surface area contributed by atoms with Crippen molar-refractivity contribution in [2.24, 2.45) is 5.92 Å². The molecule has 6 heteroatoms. The first-order valence-electron chi connectivity index (χ1n) is 6.75. The van der Waals surface area contributed by atoms with E-state index in [1.165, 1.54) is 7.11 Å². The number of ether oxygens (including phenoxy) is 2. The van der Waals surface area contributed by atoms with Gasteiger partial charge in [0.1, 0.15) is 0 Å². The highest BCUT2D eigenvalue weighted by molar-refractivity contribution is 6.01. The number of hydrogen-bond acceptors (Lipinski definition) is 5. The van der Waals surface area contributed by atoms with Crippen LogP contribution in [0, 0.1) is 5.92 Å². The van der Waals surface area contributed by atoms with Crippen LogP contribution >= 0.6 is 0 Å². The number of hydrogen-bond donors (Lipinski definition) is 1. The van der Waals surface area contributed by atoms with Gasteiger partial charge in [0.25, 0.3) is 5.91 Å². The number of benzene rings is 1. The molecule has 1 aliphatic rings. The van der Waals surface area contributed by atoms with E-state index >= 15 is 0 Å². The predicted molar refractivity (Wildman–Crippen MR) is 74.7 cm³/mol. The Morgan fingerprint density at radius 1 is 1.24 bits per heavy atom. The third kappa shape index (κ3) is 3.81. The van der Waals surface area contributed by atoms with Crippen molar-refractivity contribution in [2.45, 2.75) is 19.3 Å². The molecule has 0 spiro atoms. The lowest BCUT2D eigenvalue weighted by molar-refractivity contribution is -0.154. The highest BCUT2D eigenvalue weighted by atomic mass is 16.5. The van der Waals surface area contributed by atoms with Crippen LogP contribution in [0.2, 0.25) is 0 Å². The van der Waals surface area contributed by atoms with E-state index in [0.717, 1.165) is 19.3 Å². The van der Waals surface area contributed by atoms with Gasteiger partial charge in [0.15, 0.2) is 6.61 Å². The van der Waals surface area contributed by atoms with Gasteiger partial charge < -0.3 is 14.8 Å². The smallest absolute Gasteiger partial charge is 0.339 e. The monoisotopic (exact) mass is 291 g/mol. The van der Waals surface area contributed by atoms with Crippen molar-refractivity contribution in [2.75, 3.05) is 19.0 Å². The van der Waals surface area contributed by atoms with E-state index in [2.05, 4.69) is 10.1 Å². The van der Waals surface area contributed by atoms with E-state index in [4.69, 9.17) is 4.74 Å². The molecule has 2 rings (SSSR count). The van der Waals surface area contributed by atoms with Crippen molar-refractivity contribution in [1.29, 1.82) is 0 Å². The zero-order valence-corrected chi connectivity index (χ0v) is 11.8. The van der Waals surface area contributed by atoms with Crippen molar-refractivity contribution < 1.29 is 23.9 Å². The first kappa shape index (κ1) is 15.0. The van der Waals surface area contributed by atoms with E-state index in [9.17, 15) is 14.4 Å². The van der Waals surface area contributed by atoms with Crippen LogP contribution in [0.5, 0.6) is 0 Å². The number of rotatable bonds is 5. The Morgan fingerprint density at radius 2 is 1.95 bits per heavy atom. The van der Waals surface area contributed by atoms with Crippen LogP contribution in [0.3, 0.4) is 0 Å². The Hall–Kier alpha value is -2.37. The summed E-state index contributed by atoms with van der Waals surface area (Å²) >= 11 is 0. The van der Waals surface area contributed by atoms with Gasteiger partial charge >= 0.3 is 11.9 Å². The Labute approximate surface area is 122 Å². The topological polar surface area (TPSA) is 81.7 Å². The zero-order chi connectivity index (χ0) is 15.2. The summed E-state index contributed by atoms with van der Waals surface area (Å²) in [6.45, 7) is -0.356. The number of carbonyl (C=O) groups excluding carboxylic acids is 3. The van der Waals surface area contributed by atoms with E-state index in [1.54, 1.807) is 24.3 Å². The number of para-hydroxylation sites is 1. The molecule has 0 atom stereocenters. The zero-order valence-electron chi connectivity index (χ0n) is 11.8. The summed E-state index contributed by atoms with van der Waals surface area (Å²) in [4.78, 5) is 34.9. The first-order chi connectivity index (χ1) is 10.1. The van der Waals surface area contributed by atoms with Crippen LogP contribution in [0.15, 0.2) is 24.3 Å². The third-order valence-corrected chi connectivity index (χ3v) is 3.39. The van der Waals surface area contributed by atoms with Gasteiger partial charge in [0.2, 0.25) is 0 Å². The van der Waals surface area contributed by atoms with E-state index < -0.39 is 11.9 Å². The van der Waals surface area contributed by atoms with Crippen LogP contribution < -0.4 is 5.32 Å². The normalized spacial score (nSPS) is 14.0. The van der Waals surface area contributed by atoms with Gasteiger partial charge in [-0.2, -0.15) is 0 Å². The Morgan fingerprint density at radius 3 is 2.57 bits per heavy atom. The molecule has 1 aliphatic carbocycles. The highest BCUT2D eigenvalue weighted by Crippen LogP contribution is 2.27. The predicted octanol–water partition coefficient (Wildman–Crippen LogP) is 1.75. The van der Waals surface area contributed by atoms with E-state index in [1.807, 2.05) is 0 Å². The molecule has 0 bridgehead atoms. The van der Waals surface area contributed by atoms with Crippen LogP contribution in [-0.2, 0) is 19.1 Å². The summed E-state index contributed by atoms with van der Waals surface area (Å²) in [7, 11) is 1.27. The van der Waals surface area contributed by atoms with Gasteiger partial charge in [-0.25, -0.2) is 4.79 Å². The van der Waals surface area contributed by atoms with Gasteiger partial charge in [-0.15, -0.1) is 0 Å². The van der Waals surface area contributed by atoms with Gasteiger partial charge in [-0.3, -0.25) is 9.59 Å². The molecule has 0 saturated heterocycles. The maximum absolute atomic E-state index is 11.8. The number of anilines is 1. The SMILES string of the molecule is COC(=O)c1ccccc1NC(=O)COC(=O)C1CCC1. The molecule has 0 aromatic heterocycles. The second-order valence-electron chi connectivity index (χ2n) is 4.82. The number of methoxy groups -OCH3 is 1. The number of nitrogens with one attached hydrogen (secondary N) is 1. The minimum Gasteiger partial charge on any atom is -0.465 e. The third-order valence-electron chi connectivity index (χ3n) is 3.39. The van der Waals surface area contributed by atoms with Gasteiger partial charge in [0.05, 0.1) is 24.3 Å². The van der Waals surface area contributed by atoms with Gasteiger partial charge in [0, 0.05) is 0 Å². The van der Waals surface area contributed by atoms with E-state index in [0.29, 0.717) is 5.69 Å². The minimum atomic E-state index is -0.544. The average Bonchev–Trinajstić information content (AvgIpc) is 2.43. The summed E-state index contributed by atoms with van der Waals surface area (Å²) in [6.07, 6.45) is 2.68. The molecule has 21 heavy (non-hydrogen) atoms. The Kier molecular flexibility index (Phi) is 4.92. The number of carbonyl (C=O) groups is 3. The Balaban J connectivity index is 1.90. The largest absolute Gasteiger partial charge is 0.465 e. The summed E-state index contributed by atoms with van der Waals surface area (Å²) in [5.74, 6) is -1.44. The fourth-order valence-corrected chi connectivity index (χ4v) is 1.96. The maximum Gasteiger partial charge on any atom is 0.339 e. The minimum absolute atomic E-state index is 0.0693. The fourth-order valence-electron chi connectivity index (χ4n) is 1.96. The fraction of sp³-hybridized carbons (Fsp3) is 0.400.